The zero-order chi connectivity index (χ0) is 9.84. The minimum absolute atomic E-state index is 0.215. The molecule has 0 spiro atoms. The lowest BCUT2D eigenvalue weighted by molar-refractivity contribution is 0.152. The van der Waals surface area contributed by atoms with Crippen molar-refractivity contribution in [3.05, 3.63) is 35.4 Å². The lowest BCUT2D eigenvalue weighted by Gasteiger charge is -2.17. The van der Waals surface area contributed by atoms with Gasteiger partial charge in [0.25, 0.3) is 0 Å². The van der Waals surface area contributed by atoms with Gasteiger partial charge >= 0.3 is 0 Å². The van der Waals surface area contributed by atoms with Gasteiger partial charge in [-0.15, -0.1) is 0 Å². The quantitative estimate of drug-likeness (QED) is 0.740. The van der Waals surface area contributed by atoms with Gasteiger partial charge in [-0.05, 0) is 24.5 Å². The monoisotopic (exact) mass is 179 g/mol. The Kier molecular flexibility index (Phi) is 3.46. The van der Waals surface area contributed by atoms with E-state index < -0.39 is 6.10 Å². The molecule has 0 saturated carbocycles. The minimum Gasteiger partial charge on any atom is -0.387 e. The maximum atomic E-state index is 9.78. The number of aryl methyl sites for hydroxylation is 1. The Morgan fingerprint density at radius 2 is 2.00 bits per heavy atom. The highest BCUT2D eigenvalue weighted by molar-refractivity contribution is 5.29. The van der Waals surface area contributed by atoms with Gasteiger partial charge in [0.05, 0.1) is 6.10 Å². The Balaban J connectivity index is 2.98. The largest absolute Gasteiger partial charge is 0.387 e. The standard InChI is InChI=1S/C11H17NO/c1-3-9-6-4-5-7-10(9)11(13)8(2)12/h4-8,11,13H,3,12H2,1-2H3/t8-,11-/m1/s1. The number of hydrogen-bond donors (Lipinski definition) is 2. The van der Waals surface area contributed by atoms with Crippen LogP contribution in [0.3, 0.4) is 0 Å². The summed E-state index contributed by atoms with van der Waals surface area (Å²) in [5, 5.41) is 9.78. The van der Waals surface area contributed by atoms with Crippen LogP contribution in [0.5, 0.6) is 0 Å². The van der Waals surface area contributed by atoms with Crippen LogP contribution < -0.4 is 5.73 Å². The minimum atomic E-state index is -0.545. The maximum absolute atomic E-state index is 9.78. The molecule has 2 heteroatoms. The molecule has 0 amide bonds. The van der Waals surface area contributed by atoms with Crippen molar-refractivity contribution in [2.24, 2.45) is 5.73 Å². The van der Waals surface area contributed by atoms with Crippen molar-refractivity contribution in [1.29, 1.82) is 0 Å². The molecule has 72 valence electrons. The smallest absolute Gasteiger partial charge is 0.0940 e. The topological polar surface area (TPSA) is 46.2 Å². The molecule has 0 bridgehead atoms. The summed E-state index contributed by atoms with van der Waals surface area (Å²) in [6, 6.07) is 7.66. The normalized spacial score (nSPS) is 15.4. The molecular formula is C11H17NO. The number of hydrogen-bond acceptors (Lipinski definition) is 2. The first-order valence-electron chi connectivity index (χ1n) is 4.68. The fraction of sp³-hybridized carbons (Fsp3) is 0.455. The third-order valence-electron chi connectivity index (χ3n) is 2.25. The van der Waals surface area contributed by atoms with Crippen molar-refractivity contribution in [3.63, 3.8) is 0 Å². The summed E-state index contributed by atoms with van der Waals surface area (Å²) in [6.07, 6.45) is 0.385. The van der Waals surface area contributed by atoms with E-state index in [0.717, 1.165) is 12.0 Å². The molecule has 0 unspecified atom stereocenters. The fourth-order valence-electron chi connectivity index (χ4n) is 1.43. The van der Waals surface area contributed by atoms with Gasteiger partial charge in [0.2, 0.25) is 0 Å². The summed E-state index contributed by atoms with van der Waals surface area (Å²) in [7, 11) is 0. The summed E-state index contributed by atoms with van der Waals surface area (Å²) in [5.74, 6) is 0. The first-order chi connectivity index (χ1) is 6.16. The number of benzene rings is 1. The van der Waals surface area contributed by atoms with Gasteiger partial charge in [0, 0.05) is 6.04 Å². The van der Waals surface area contributed by atoms with Gasteiger partial charge < -0.3 is 10.8 Å². The summed E-state index contributed by atoms with van der Waals surface area (Å²) in [4.78, 5) is 0. The van der Waals surface area contributed by atoms with Crippen LogP contribution in [0.1, 0.15) is 31.1 Å². The second-order valence-electron chi connectivity index (χ2n) is 3.36. The second-order valence-corrected chi connectivity index (χ2v) is 3.36. The molecule has 1 rings (SSSR count). The van der Waals surface area contributed by atoms with Gasteiger partial charge in [-0.2, -0.15) is 0 Å². The lowest BCUT2D eigenvalue weighted by Crippen LogP contribution is -2.25. The molecule has 0 aromatic heterocycles. The van der Waals surface area contributed by atoms with Crippen LogP contribution in [0.2, 0.25) is 0 Å². The van der Waals surface area contributed by atoms with Gasteiger partial charge in [0.1, 0.15) is 0 Å². The van der Waals surface area contributed by atoms with E-state index in [2.05, 4.69) is 6.92 Å². The average molecular weight is 179 g/mol. The molecule has 0 saturated heterocycles. The van der Waals surface area contributed by atoms with Crippen LogP contribution in [-0.4, -0.2) is 11.1 Å². The summed E-state index contributed by atoms with van der Waals surface area (Å²) in [5.41, 5.74) is 7.77. The first kappa shape index (κ1) is 10.2. The third-order valence-corrected chi connectivity index (χ3v) is 2.25. The first-order valence-corrected chi connectivity index (χ1v) is 4.68. The Bertz CT molecular complexity index is 271. The van der Waals surface area contributed by atoms with E-state index in [1.54, 1.807) is 0 Å². The van der Waals surface area contributed by atoms with Crippen molar-refractivity contribution in [3.8, 4) is 0 Å². The SMILES string of the molecule is CCc1ccccc1[C@H](O)[C@@H](C)N. The van der Waals surface area contributed by atoms with Crippen molar-refractivity contribution in [2.45, 2.75) is 32.4 Å². The zero-order valence-electron chi connectivity index (χ0n) is 8.20. The van der Waals surface area contributed by atoms with Crippen molar-refractivity contribution >= 4 is 0 Å². The molecule has 0 fully saturated rings. The molecule has 1 aromatic carbocycles. The Morgan fingerprint density at radius 3 is 2.54 bits per heavy atom. The predicted octanol–water partition coefficient (Wildman–Crippen LogP) is 1.63. The Morgan fingerprint density at radius 1 is 1.38 bits per heavy atom. The van der Waals surface area contributed by atoms with E-state index in [-0.39, 0.29) is 6.04 Å². The van der Waals surface area contributed by atoms with E-state index in [0.29, 0.717) is 0 Å². The van der Waals surface area contributed by atoms with Crippen LogP contribution in [0.25, 0.3) is 0 Å². The van der Waals surface area contributed by atoms with Crippen LogP contribution in [0.15, 0.2) is 24.3 Å². The highest BCUT2D eigenvalue weighted by atomic mass is 16.3. The molecule has 0 aliphatic rings. The molecule has 0 radical (unpaired) electrons. The number of nitrogens with two attached hydrogens (primary N) is 1. The summed E-state index contributed by atoms with van der Waals surface area (Å²) >= 11 is 0. The van der Waals surface area contributed by atoms with E-state index >= 15 is 0 Å². The second kappa shape index (κ2) is 4.40. The molecule has 0 aliphatic carbocycles. The van der Waals surface area contributed by atoms with Crippen LogP contribution in [0.4, 0.5) is 0 Å². The molecule has 13 heavy (non-hydrogen) atoms. The van der Waals surface area contributed by atoms with Gasteiger partial charge in [0.15, 0.2) is 0 Å². The highest BCUT2D eigenvalue weighted by Crippen LogP contribution is 2.20. The average Bonchev–Trinajstić information content (AvgIpc) is 2.16. The van der Waals surface area contributed by atoms with Crippen molar-refractivity contribution < 1.29 is 5.11 Å². The molecule has 2 atom stereocenters. The van der Waals surface area contributed by atoms with E-state index in [1.807, 2.05) is 31.2 Å². The van der Waals surface area contributed by atoms with Crippen molar-refractivity contribution in [2.75, 3.05) is 0 Å². The van der Waals surface area contributed by atoms with Crippen molar-refractivity contribution in [1.82, 2.24) is 0 Å². The summed E-state index contributed by atoms with van der Waals surface area (Å²) < 4.78 is 0. The number of rotatable bonds is 3. The van der Waals surface area contributed by atoms with Gasteiger partial charge in [-0.1, -0.05) is 31.2 Å². The van der Waals surface area contributed by atoms with Crippen LogP contribution in [-0.2, 0) is 6.42 Å². The Labute approximate surface area is 79.4 Å². The maximum Gasteiger partial charge on any atom is 0.0940 e. The fourth-order valence-corrected chi connectivity index (χ4v) is 1.43. The van der Waals surface area contributed by atoms with Gasteiger partial charge in [-0.25, -0.2) is 0 Å². The molecule has 0 heterocycles. The van der Waals surface area contributed by atoms with E-state index in [1.165, 1.54) is 5.56 Å². The predicted molar refractivity (Wildman–Crippen MR) is 54.4 cm³/mol. The van der Waals surface area contributed by atoms with Crippen LogP contribution in [0, 0.1) is 0 Å². The molecule has 3 N–H and O–H groups in total. The molecule has 2 nitrogen and oxygen atoms in total. The van der Waals surface area contributed by atoms with E-state index in [9.17, 15) is 5.11 Å². The number of aliphatic hydroxyl groups is 1. The third kappa shape index (κ3) is 2.29. The number of aliphatic hydroxyl groups excluding tert-OH is 1. The van der Waals surface area contributed by atoms with E-state index in [4.69, 9.17) is 5.73 Å². The molecule has 1 aromatic rings. The van der Waals surface area contributed by atoms with Crippen LogP contribution >= 0.6 is 0 Å². The Hall–Kier alpha value is -0.860. The lowest BCUT2D eigenvalue weighted by atomic mass is 9.97. The summed E-state index contributed by atoms with van der Waals surface area (Å²) in [6.45, 7) is 3.89. The molecular weight excluding hydrogens is 162 g/mol. The highest BCUT2D eigenvalue weighted by Gasteiger charge is 2.14. The molecule has 0 aliphatic heterocycles. The zero-order valence-corrected chi connectivity index (χ0v) is 8.20. The van der Waals surface area contributed by atoms with Gasteiger partial charge in [-0.3, -0.25) is 0 Å².